The molecule has 96 valence electrons. The molecule has 0 atom stereocenters. The first-order valence-corrected chi connectivity index (χ1v) is 6.75. The molecule has 0 saturated heterocycles. The lowest BCUT2D eigenvalue weighted by molar-refractivity contribution is -0.127. The maximum atomic E-state index is 12.0. The second-order valence-corrected chi connectivity index (χ2v) is 4.87. The predicted octanol–water partition coefficient (Wildman–Crippen LogP) is 3.32. The Balaban J connectivity index is 2.05. The number of hydrogen-bond donors (Lipinski definition) is 0. The molecule has 0 aromatic heterocycles. The van der Waals surface area contributed by atoms with Gasteiger partial charge in [-0.25, -0.2) is 0 Å². The van der Waals surface area contributed by atoms with Crippen LogP contribution in [0.1, 0.15) is 37.8 Å². The summed E-state index contributed by atoms with van der Waals surface area (Å²) in [6.07, 6.45) is 6.84. The second kappa shape index (κ2) is 5.85. The van der Waals surface area contributed by atoms with Crippen LogP contribution in [0.25, 0.3) is 0 Å². The summed E-state index contributed by atoms with van der Waals surface area (Å²) in [5, 5.41) is 0. The Morgan fingerprint density at radius 2 is 1.89 bits per heavy atom. The molecular weight excluding hydrogens is 222 g/mol. The first-order chi connectivity index (χ1) is 8.74. The van der Waals surface area contributed by atoms with E-state index in [0.29, 0.717) is 6.04 Å². The van der Waals surface area contributed by atoms with Crippen LogP contribution in [0, 0.1) is 0 Å². The second-order valence-electron chi connectivity index (χ2n) is 4.87. The zero-order valence-corrected chi connectivity index (χ0v) is 11.2. The topological polar surface area (TPSA) is 20.3 Å². The van der Waals surface area contributed by atoms with E-state index in [-0.39, 0.29) is 5.91 Å². The van der Waals surface area contributed by atoms with Crippen molar-refractivity contribution in [2.45, 2.75) is 45.7 Å². The fourth-order valence-electron chi connectivity index (χ4n) is 2.09. The van der Waals surface area contributed by atoms with E-state index < -0.39 is 0 Å². The summed E-state index contributed by atoms with van der Waals surface area (Å²) in [6, 6.07) is 9.04. The quantitative estimate of drug-likeness (QED) is 0.726. The van der Waals surface area contributed by atoms with Gasteiger partial charge in [0.1, 0.15) is 0 Å². The van der Waals surface area contributed by atoms with Crippen LogP contribution in [-0.2, 0) is 17.8 Å². The lowest BCUT2D eigenvalue weighted by atomic mass is 10.1. The average Bonchev–Trinajstić information content (AvgIpc) is 3.21. The monoisotopic (exact) mass is 243 g/mol. The van der Waals surface area contributed by atoms with Crippen LogP contribution in [0.4, 0.5) is 0 Å². The van der Waals surface area contributed by atoms with E-state index in [1.165, 1.54) is 11.1 Å². The molecule has 1 aromatic carbocycles. The van der Waals surface area contributed by atoms with E-state index in [1.54, 1.807) is 6.08 Å². The number of benzene rings is 1. The smallest absolute Gasteiger partial charge is 0.246 e. The Bertz CT molecular complexity index is 429. The maximum absolute atomic E-state index is 12.0. The van der Waals surface area contributed by atoms with Gasteiger partial charge in [0.2, 0.25) is 5.91 Å². The number of allylic oxidation sites excluding steroid dienone is 1. The Labute approximate surface area is 109 Å². The maximum Gasteiger partial charge on any atom is 0.246 e. The van der Waals surface area contributed by atoms with E-state index in [9.17, 15) is 4.79 Å². The number of rotatable bonds is 5. The van der Waals surface area contributed by atoms with Gasteiger partial charge in [0.05, 0.1) is 0 Å². The van der Waals surface area contributed by atoms with Crippen molar-refractivity contribution in [2.24, 2.45) is 0 Å². The SMILES string of the molecule is C/C=C/C(=O)N(Cc1ccc(CC)cc1)C1CC1. The molecule has 1 aliphatic rings. The molecule has 0 bridgehead atoms. The highest BCUT2D eigenvalue weighted by Gasteiger charge is 2.31. The van der Waals surface area contributed by atoms with Gasteiger partial charge in [0, 0.05) is 12.6 Å². The van der Waals surface area contributed by atoms with Crippen molar-refractivity contribution < 1.29 is 4.79 Å². The number of amides is 1. The van der Waals surface area contributed by atoms with Crippen LogP contribution in [0.2, 0.25) is 0 Å². The third-order valence-electron chi connectivity index (χ3n) is 3.36. The molecule has 0 unspecified atom stereocenters. The van der Waals surface area contributed by atoms with E-state index in [0.717, 1.165) is 25.8 Å². The van der Waals surface area contributed by atoms with Crippen molar-refractivity contribution in [1.29, 1.82) is 0 Å². The van der Waals surface area contributed by atoms with Gasteiger partial charge in [-0.15, -0.1) is 0 Å². The lowest BCUT2D eigenvalue weighted by Crippen LogP contribution is -2.31. The number of nitrogens with zero attached hydrogens (tertiary/aromatic N) is 1. The lowest BCUT2D eigenvalue weighted by Gasteiger charge is -2.21. The number of carbonyl (C=O) groups excluding carboxylic acids is 1. The number of hydrogen-bond acceptors (Lipinski definition) is 1. The molecule has 0 spiro atoms. The zero-order valence-electron chi connectivity index (χ0n) is 11.2. The highest BCUT2D eigenvalue weighted by atomic mass is 16.2. The van der Waals surface area contributed by atoms with Gasteiger partial charge in [-0.05, 0) is 43.4 Å². The van der Waals surface area contributed by atoms with Crippen LogP contribution < -0.4 is 0 Å². The minimum Gasteiger partial charge on any atom is -0.332 e. The molecule has 2 rings (SSSR count). The molecule has 0 heterocycles. The Hall–Kier alpha value is -1.57. The summed E-state index contributed by atoms with van der Waals surface area (Å²) in [7, 11) is 0. The molecular formula is C16H21NO. The predicted molar refractivity (Wildman–Crippen MR) is 74.2 cm³/mol. The molecule has 1 amide bonds. The van der Waals surface area contributed by atoms with Crippen LogP contribution in [0.3, 0.4) is 0 Å². The Morgan fingerprint density at radius 1 is 1.28 bits per heavy atom. The molecule has 1 saturated carbocycles. The third-order valence-corrected chi connectivity index (χ3v) is 3.36. The van der Waals surface area contributed by atoms with Gasteiger partial charge in [-0.1, -0.05) is 37.3 Å². The minimum absolute atomic E-state index is 0.138. The van der Waals surface area contributed by atoms with Crippen molar-refractivity contribution >= 4 is 5.91 Å². The summed E-state index contributed by atoms with van der Waals surface area (Å²) in [5.74, 6) is 0.138. The van der Waals surface area contributed by atoms with Crippen molar-refractivity contribution in [3.05, 3.63) is 47.5 Å². The first-order valence-electron chi connectivity index (χ1n) is 6.75. The summed E-state index contributed by atoms with van der Waals surface area (Å²) in [4.78, 5) is 14.0. The fraction of sp³-hybridized carbons (Fsp3) is 0.438. The Kier molecular flexibility index (Phi) is 4.19. The standard InChI is InChI=1S/C16H21NO/c1-3-5-16(18)17(15-10-11-15)12-14-8-6-13(4-2)7-9-14/h3,5-9,15H,4,10-12H2,1-2H3/b5-3+. The van der Waals surface area contributed by atoms with Crippen molar-refractivity contribution in [1.82, 2.24) is 4.90 Å². The van der Waals surface area contributed by atoms with E-state index in [2.05, 4.69) is 31.2 Å². The first kappa shape index (κ1) is 12.9. The molecule has 1 aliphatic carbocycles. The van der Waals surface area contributed by atoms with Gasteiger partial charge in [-0.2, -0.15) is 0 Å². The Morgan fingerprint density at radius 3 is 2.39 bits per heavy atom. The van der Waals surface area contributed by atoms with Crippen LogP contribution in [-0.4, -0.2) is 16.8 Å². The average molecular weight is 243 g/mol. The van der Waals surface area contributed by atoms with E-state index in [1.807, 2.05) is 17.9 Å². The van der Waals surface area contributed by atoms with Crippen LogP contribution >= 0.6 is 0 Å². The molecule has 18 heavy (non-hydrogen) atoms. The van der Waals surface area contributed by atoms with E-state index >= 15 is 0 Å². The highest BCUT2D eigenvalue weighted by Crippen LogP contribution is 2.28. The largest absolute Gasteiger partial charge is 0.332 e. The van der Waals surface area contributed by atoms with Gasteiger partial charge < -0.3 is 4.90 Å². The summed E-state index contributed by atoms with van der Waals surface area (Å²) in [6.45, 7) is 4.78. The molecule has 1 fully saturated rings. The summed E-state index contributed by atoms with van der Waals surface area (Å²) >= 11 is 0. The number of aryl methyl sites for hydroxylation is 1. The summed E-state index contributed by atoms with van der Waals surface area (Å²) in [5.41, 5.74) is 2.56. The van der Waals surface area contributed by atoms with Gasteiger partial charge >= 0.3 is 0 Å². The highest BCUT2D eigenvalue weighted by molar-refractivity contribution is 5.88. The van der Waals surface area contributed by atoms with Gasteiger partial charge in [0.15, 0.2) is 0 Å². The fourth-order valence-corrected chi connectivity index (χ4v) is 2.09. The number of carbonyl (C=O) groups is 1. The van der Waals surface area contributed by atoms with Gasteiger partial charge in [0.25, 0.3) is 0 Å². The zero-order chi connectivity index (χ0) is 13.0. The van der Waals surface area contributed by atoms with Crippen molar-refractivity contribution in [2.75, 3.05) is 0 Å². The molecule has 0 N–H and O–H groups in total. The minimum atomic E-state index is 0.138. The molecule has 2 nitrogen and oxygen atoms in total. The third kappa shape index (κ3) is 3.22. The van der Waals surface area contributed by atoms with E-state index in [4.69, 9.17) is 0 Å². The summed E-state index contributed by atoms with van der Waals surface area (Å²) < 4.78 is 0. The van der Waals surface area contributed by atoms with Gasteiger partial charge in [-0.3, -0.25) is 4.79 Å². The normalized spacial score (nSPS) is 15.0. The molecule has 0 radical (unpaired) electrons. The van der Waals surface area contributed by atoms with Crippen molar-refractivity contribution in [3.63, 3.8) is 0 Å². The van der Waals surface area contributed by atoms with Crippen LogP contribution in [0.15, 0.2) is 36.4 Å². The van der Waals surface area contributed by atoms with Crippen molar-refractivity contribution in [3.8, 4) is 0 Å². The molecule has 2 heteroatoms. The molecule has 1 aromatic rings. The van der Waals surface area contributed by atoms with Crippen LogP contribution in [0.5, 0.6) is 0 Å². The molecule has 0 aliphatic heterocycles.